The third kappa shape index (κ3) is 4.94. The maximum atomic E-state index is 13.1. The Kier molecular flexibility index (Phi) is 6.63. The van der Waals surface area contributed by atoms with Gasteiger partial charge in [0.1, 0.15) is 46.7 Å². The number of nitrogen functional groups attached to an aromatic ring is 1. The molecule has 3 aromatic heterocycles. The van der Waals surface area contributed by atoms with E-state index in [4.69, 9.17) is 24.9 Å². The molecule has 0 bridgehead atoms. The molecule has 12 nitrogen and oxygen atoms in total. The van der Waals surface area contributed by atoms with Crippen LogP contribution < -0.4 is 15.8 Å². The van der Waals surface area contributed by atoms with E-state index in [1.165, 1.54) is 35.7 Å². The number of imidazole rings is 1. The highest BCUT2D eigenvalue weighted by Gasteiger charge is 2.37. The van der Waals surface area contributed by atoms with Crippen molar-refractivity contribution in [3.63, 3.8) is 0 Å². The van der Waals surface area contributed by atoms with Crippen molar-refractivity contribution >= 4 is 34.9 Å². The molecule has 2 aliphatic heterocycles. The lowest BCUT2D eigenvalue weighted by molar-refractivity contribution is -0.137. The number of pyridine rings is 1. The third-order valence-electron chi connectivity index (χ3n) is 6.65. The molecule has 0 saturated carbocycles. The molecule has 0 aliphatic carbocycles. The number of halogens is 3. The molecule has 220 valence electrons. The number of fused-ring (bicyclic) bond motifs is 2. The predicted molar refractivity (Wildman–Crippen MR) is 146 cm³/mol. The Morgan fingerprint density at radius 1 is 1.19 bits per heavy atom. The number of benzene rings is 1. The van der Waals surface area contributed by atoms with Crippen molar-refractivity contribution in [2.24, 2.45) is 0 Å². The minimum Gasteiger partial charge on any atom is -0.493 e. The molecule has 1 saturated heterocycles. The zero-order valence-electron chi connectivity index (χ0n) is 22.5. The highest BCUT2D eigenvalue weighted by atomic mass is 19.4. The maximum absolute atomic E-state index is 13.1. The number of rotatable bonds is 6. The summed E-state index contributed by atoms with van der Waals surface area (Å²) in [6, 6.07) is 6.03. The quantitative estimate of drug-likeness (QED) is 0.313. The number of nitrogens with two attached hydrogens (primary N) is 1. The van der Waals surface area contributed by atoms with E-state index in [1.807, 2.05) is 0 Å². The smallest absolute Gasteiger partial charge is 0.419 e. The number of hydrogen-bond donors (Lipinski definition) is 2. The number of nitrogens with zero attached hydrogens (tertiary/aromatic N) is 5. The van der Waals surface area contributed by atoms with E-state index in [-0.39, 0.29) is 35.3 Å². The minimum absolute atomic E-state index is 0.0962. The molecule has 2 aliphatic rings. The lowest BCUT2D eigenvalue weighted by atomic mass is 10.1. The van der Waals surface area contributed by atoms with Gasteiger partial charge in [0.05, 0.1) is 18.4 Å². The van der Waals surface area contributed by atoms with Gasteiger partial charge in [0.15, 0.2) is 11.6 Å². The summed E-state index contributed by atoms with van der Waals surface area (Å²) in [6.45, 7) is 3.68. The van der Waals surface area contributed by atoms with E-state index < -0.39 is 29.8 Å². The number of ether oxygens (including phenoxy) is 3. The summed E-state index contributed by atoms with van der Waals surface area (Å²) in [5.41, 5.74) is 7.14. The van der Waals surface area contributed by atoms with Crippen molar-refractivity contribution in [1.82, 2.24) is 24.3 Å². The Labute approximate surface area is 241 Å². The molecule has 1 fully saturated rings. The summed E-state index contributed by atoms with van der Waals surface area (Å²) >= 11 is 0. The number of anilines is 2. The van der Waals surface area contributed by atoms with Gasteiger partial charge in [0.2, 0.25) is 0 Å². The minimum atomic E-state index is -4.59. The van der Waals surface area contributed by atoms with Crippen LogP contribution in [0, 0.1) is 0 Å². The number of carbonyl (C=O) groups is 2. The van der Waals surface area contributed by atoms with Crippen LogP contribution in [0.25, 0.3) is 22.5 Å². The van der Waals surface area contributed by atoms with Gasteiger partial charge in [-0.15, -0.1) is 0 Å². The maximum Gasteiger partial charge on any atom is 0.419 e. The van der Waals surface area contributed by atoms with Crippen LogP contribution in [0.5, 0.6) is 5.75 Å². The van der Waals surface area contributed by atoms with E-state index in [0.717, 1.165) is 18.3 Å². The number of aromatic nitrogens is 4. The average Bonchev–Trinajstić information content (AvgIpc) is 3.50. The van der Waals surface area contributed by atoms with E-state index in [1.54, 1.807) is 30.5 Å². The van der Waals surface area contributed by atoms with Crippen molar-refractivity contribution < 1.29 is 37.0 Å². The second kappa shape index (κ2) is 10.3. The number of amides is 2. The fraction of sp³-hybridized carbons (Fsp3) is 0.179. The lowest BCUT2D eigenvalue weighted by Crippen LogP contribution is -2.20. The fourth-order valence-electron chi connectivity index (χ4n) is 4.65. The van der Waals surface area contributed by atoms with Crippen LogP contribution in [-0.4, -0.2) is 49.0 Å². The van der Waals surface area contributed by atoms with Crippen molar-refractivity contribution in [1.29, 1.82) is 0 Å². The summed E-state index contributed by atoms with van der Waals surface area (Å²) in [4.78, 5) is 39.4. The van der Waals surface area contributed by atoms with Gasteiger partial charge in [-0.25, -0.2) is 24.6 Å². The van der Waals surface area contributed by atoms with Gasteiger partial charge in [0.25, 0.3) is 5.91 Å². The van der Waals surface area contributed by atoms with Gasteiger partial charge < -0.3 is 25.3 Å². The lowest BCUT2D eigenvalue weighted by Gasteiger charge is -2.18. The molecule has 5 heterocycles. The van der Waals surface area contributed by atoms with Crippen LogP contribution in [0.1, 0.15) is 35.6 Å². The van der Waals surface area contributed by atoms with Crippen molar-refractivity contribution in [3.05, 3.63) is 84.0 Å². The van der Waals surface area contributed by atoms with Crippen LogP contribution >= 0.6 is 0 Å². The Morgan fingerprint density at radius 3 is 2.77 bits per heavy atom. The van der Waals surface area contributed by atoms with Crippen molar-refractivity contribution in [2.45, 2.75) is 26.1 Å². The predicted octanol–water partition coefficient (Wildman–Crippen LogP) is 5.05. The van der Waals surface area contributed by atoms with Gasteiger partial charge in [-0.1, -0.05) is 0 Å². The molecule has 6 rings (SSSR count). The van der Waals surface area contributed by atoms with Crippen molar-refractivity contribution in [3.8, 4) is 17.0 Å². The summed E-state index contributed by atoms with van der Waals surface area (Å²) in [5, 5.41) is 2.38. The molecular weight excluding hydrogens is 571 g/mol. The van der Waals surface area contributed by atoms with E-state index >= 15 is 0 Å². The second-order valence-corrected chi connectivity index (χ2v) is 9.39. The van der Waals surface area contributed by atoms with Gasteiger partial charge in [0, 0.05) is 29.7 Å². The van der Waals surface area contributed by atoms with Gasteiger partial charge in [-0.05, 0) is 44.2 Å². The Morgan fingerprint density at radius 2 is 2.00 bits per heavy atom. The van der Waals surface area contributed by atoms with Crippen LogP contribution in [0.4, 0.5) is 29.6 Å². The molecule has 15 heteroatoms. The molecule has 2 amide bonds. The average molecular weight is 594 g/mol. The molecule has 0 radical (unpaired) electrons. The molecule has 43 heavy (non-hydrogen) atoms. The molecule has 0 spiro atoms. The number of nitrogens with one attached hydrogen (secondary N) is 1. The Balaban J connectivity index is 1.39. The Hall–Kier alpha value is -5.60. The topological polar surface area (TPSA) is 146 Å². The molecule has 3 N–H and O–H groups in total. The third-order valence-corrected chi connectivity index (χ3v) is 6.65. The SMILES string of the molecule is CCOc1cc(C(=O)Nc2cc(C(F)(F)F)ccn2)ccc1-c1nc(C2=CN3C(=O)O[C@H](C)C3=CO2)n2ccnc(N)c12. The van der Waals surface area contributed by atoms with Gasteiger partial charge in [-0.2, -0.15) is 13.2 Å². The first kappa shape index (κ1) is 27.6. The highest BCUT2D eigenvalue weighted by molar-refractivity contribution is 6.05. The Bertz CT molecular complexity index is 1850. The number of hydrogen-bond acceptors (Lipinski definition) is 9. The zero-order chi connectivity index (χ0) is 30.5. The van der Waals surface area contributed by atoms with Crippen LogP contribution in [0.15, 0.2) is 67.1 Å². The number of alkyl halides is 3. The summed E-state index contributed by atoms with van der Waals surface area (Å²) in [6.07, 6.45) is 1.30. The first-order valence-corrected chi connectivity index (χ1v) is 12.9. The van der Waals surface area contributed by atoms with Crippen LogP contribution in [0.2, 0.25) is 0 Å². The monoisotopic (exact) mass is 593 g/mol. The van der Waals surface area contributed by atoms with E-state index in [9.17, 15) is 22.8 Å². The van der Waals surface area contributed by atoms with Crippen LogP contribution in [0.3, 0.4) is 0 Å². The second-order valence-electron chi connectivity index (χ2n) is 9.39. The number of cyclic esters (lactones) is 1. The summed E-state index contributed by atoms with van der Waals surface area (Å²) < 4.78 is 57.9. The zero-order valence-corrected chi connectivity index (χ0v) is 22.5. The van der Waals surface area contributed by atoms with E-state index in [0.29, 0.717) is 28.3 Å². The fourth-order valence-corrected chi connectivity index (χ4v) is 4.65. The normalized spacial score (nSPS) is 16.3. The van der Waals surface area contributed by atoms with Crippen LogP contribution in [-0.2, 0) is 15.7 Å². The molecule has 4 aromatic rings. The number of carbonyl (C=O) groups excluding carboxylic acids is 2. The van der Waals surface area contributed by atoms with Crippen molar-refractivity contribution in [2.75, 3.05) is 17.7 Å². The first-order chi connectivity index (χ1) is 20.5. The molecule has 0 unspecified atom stereocenters. The molecular formula is C28H22F3N7O5. The summed E-state index contributed by atoms with van der Waals surface area (Å²) in [7, 11) is 0. The van der Waals surface area contributed by atoms with E-state index in [2.05, 4.69) is 15.3 Å². The largest absolute Gasteiger partial charge is 0.493 e. The highest BCUT2D eigenvalue weighted by Crippen LogP contribution is 2.38. The van der Waals surface area contributed by atoms with Gasteiger partial charge >= 0.3 is 12.3 Å². The molecule has 1 aromatic carbocycles. The summed E-state index contributed by atoms with van der Waals surface area (Å²) in [5.74, 6) is -0.0610. The molecule has 1 atom stereocenters. The first-order valence-electron chi connectivity index (χ1n) is 12.9. The standard InChI is InChI=1S/C28H22F3N7O5/c1-3-41-19-10-15(26(39)35-21-11-16(6-7-33-21)28(29,30)31)4-5-17(19)22-23-24(32)34-8-9-37(23)25(36-22)20-12-38-18(13-42-20)14(2)43-27(38)40/h4-14H,3H2,1-2H3,(H2,32,34)(H,33,35,39)/t14-/m1/s1. The van der Waals surface area contributed by atoms with Gasteiger partial charge in [-0.3, -0.25) is 9.20 Å².